The normalized spacial score (nSPS) is 39.2. The smallest absolute Gasteiger partial charge is 0.307 e. The topological polar surface area (TPSA) is 151 Å². The Morgan fingerprint density at radius 1 is 1.17 bits per heavy atom. The van der Waals surface area contributed by atoms with Crippen LogP contribution in [-0.2, 0) is 9.53 Å². The fourth-order valence-electron chi connectivity index (χ4n) is 1.56. The molecule has 0 aliphatic carbocycles. The Morgan fingerprint density at radius 2 is 1.72 bits per heavy atom. The highest BCUT2D eigenvalue weighted by atomic mass is 16.5. The molecule has 1 heterocycles. The van der Waals surface area contributed by atoms with Crippen molar-refractivity contribution in [1.82, 2.24) is 5.32 Å². The molecule has 1 aliphatic rings. The molecule has 0 saturated carbocycles. The Morgan fingerprint density at radius 3 is 2.33 bits per heavy atom. The minimum absolute atomic E-state index is 0. The predicted molar refractivity (Wildman–Crippen MR) is 60.7 cm³/mol. The van der Waals surface area contributed by atoms with Gasteiger partial charge in [0.1, 0.15) is 24.9 Å². The number of carbonyl (C=O) groups excluding carboxylic acids is 1. The lowest BCUT2D eigenvalue weighted by Crippen LogP contribution is -2.49. The van der Waals surface area contributed by atoms with Crippen LogP contribution in [0.5, 0.6) is 0 Å². The second-order valence-corrected chi connectivity index (χ2v) is 4.31. The number of ether oxygens (including phenoxy) is 1. The number of nitrogens with one attached hydrogen (secondary N) is 1. The SMILES string of the molecule is CC1CC(=O)OC[C@H](O)[C@@H](O)[C@H](O)[C@H](O)CN1.O. The summed E-state index contributed by atoms with van der Waals surface area (Å²) in [6, 6.07) is -0.225. The molecule has 0 aromatic heterocycles. The number of aliphatic hydroxyl groups excluding tert-OH is 4. The van der Waals surface area contributed by atoms with Crippen molar-refractivity contribution < 1.29 is 35.4 Å². The third-order valence-electron chi connectivity index (χ3n) is 2.70. The average Bonchev–Trinajstić information content (AvgIpc) is 2.30. The molecule has 0 aromatic rings. The van der Waals surface area contributed by atoms with E-state index in [4.69, 9.17) is 4.74 Å². The molecular weight excluding hydrogens is 246 g/mol. The van der Waals surface area contributed by atoms with Gasteiger partial charge < -0.3 is 36.0 Å². The van der Waals surface area contributed by atoms with E-state index >= 15 is 0 Å². The summed E-state index contributed by atoms with van der Waals surface area (Å²) in [6.45, 7) is 1.33. The number of carbonyl (C=O) groups is 1. The van der Waals surface area contributed by atoms with Crippen LogP contribution in [0.1, 0.15) is 13.3 Å². The van der Waals surface area contributed by atoms with E-state index in [1.807, 2.05) is 0 Å². The van der Waals surface area contributed by atoms with E-state index in [-0.39, 0.29) is 24.5 Å². The minimum atomic E-state index is -1.56. The molecule has 7 N–H and O–H groups in total. The highest BCUT2D eigenvalue weighted by Crippen LogP contribution is 2.08. The van der Waals surface area contributed by atoms with Gasteiger partial charge in [-0.05, 0) is 6.92 Å². The van der Waals surface area contributed by atoms with Gasteiger partial charge in [0.15, 0.2) is 0 Å². The first-order chi connectivity index (χ1) is 7.91. The van der Waals surface area contributed by atoms with Crippen molar-refractivity contribution in [3.05, 3.63) is 0 Å². The molecule has 108 valence electrons. The van der Waals surface area contributed by atoms with Crippen LogP contribution in [0, 0.1) is 0 Å². The number of β-amino-alcohol motifs (C(OH)–C–C–N with tert-alkyl or cyclic N) is 1. The van der Waals surface area contributed by atoms with E-state index in [0.29, 0.717) is 0 Å². The number of aliphatic hydroxyl groups is 4. The molecule has 8 nitrogen and oxygen atoms in total. The van der Waals surface area contributed by atoms with Crippen molar-refractivity contribution in [2.45, 2.75) is 43.8 Å². The maximum atomic E-state index is 11.3. The first-order valence-corrected chi connectivity index (χ1v) is 5.53. The molecule has 0 spiro atoms. The van der Waals surface area contributed by atoms with Gasteiger partial charge in [-0.1, -0.05) is 0 Å². The van der Waals surface area contributed by atoms with E-state index in [1.165, 1.54) is 0 Å². The van der Waals surface area contributed by atoms with Crippen LogP contribution in [0.4, 0.5) is 0 Å². The van der Waals surface area contributed by atoms with Gasteiger partial charge in [0, 0.05) is 12.6 Å². The highest BCUT2D eigenvalue weighted by molar-refractivity contribution is 5.70. The summed E-state index contributed by atoms with van der Waals surface area (Å²) >= 11 is 0. The molecule has 0 aromatic carbocycles. The summed E-state index contributed by atoms with van der Waals surface area (Å²) in [6.07, 6.45) is -5.62. The molecule has 1 rings (SSSR count). The summed E-state index contributed by atoms with van der Waals surface area (Å²) < 4.78 is 4.73. The molecule has 8 heteroatoms. The van der Waals surface area contributed by atoms with Gasteiger partial charge in [-0.3, -0.25) is 4.79 Å². The van der Waals surface area contributed by atoms with Crippen LogP contribution in [0.25, 0.3) is 0 Å². The standard InChI is InChI=1S/C10H19NO6.H2O/c1-5-2-8(14)17-4-7(13)10(16)9(15)6(12)3-11-5;/h5-7,9-13,15-16H,2-4H2,1H3;1H2/t5?,6-,7+,9-,10-;/m1./s1. The second kappa shape index (κ2) is 7.62. The molecule has 5 atom stereocenters. The molecule has 1 fully saturated rings. The Kier molecular flexibility index (Phi) is 7.29. The summed E-state index contributed by atoms with van der Waals surface area (Å²) in [7, 11) is 0. The van der Waals surface area contributed by atoms with Gasteiger partial charge in [0.2, 0.25) is 0 Å². The zero-order chi connectivity index (χ0) is 13.0. The van der Waals surface area contributed by atoms with E-state index in [2.05, 4.69) is 5.32 Å². The first-order valence-electron chi connectivity index (χ1n) is 5.53. The maximum Gasteiger partial charge on any atom is 0.307 e. The lowest BCUT2D eigenvalue weighted by molar-refractivity contribution is -0.153. The zero-order valence-electron chi connectivity index (χ0n) is 10.1. The Bertz CT molecular complexity index is 263. The molecule has 0 bridgehead atoms. The fraction of sp³-hybridized carbons (Fsp3) is 0.900. The Balaban J connectivity index is 0.00000289. The van der Waals surface area contributed by atoms with Crippen molar-refractivity contribution >= 4 is 5.97 Å². The maximum absolute atomic E-state index is 11.3. The summed E-state index contributed by atoms with van der Waals surface area (Å²) in [5, 5.41) is 40.9. The van der Waals surface area contributed by atoms with Crippen molar-refractivity contribution in [2.24, 2.45) is 0 Å². The Labute approximate surface area is 105 Å². The van der Waals surface area contributed by atoms with Crippen LogP contribution in [0.3, 0.4) is 0 Å². The molecule has 18 heavy (non-hydrogen) atoms. The van der Waals surface area contributed by atoms with Crippen LogP contribution in [0.15, 0.2) is 0 Å². The predicted octanol–water partition coefficient (Wildman–Crippen LogP) is -3.47. The average molecular weight is 267 g/mol. The van der Waals surface area contributed by atoms with Gasteiger partial charge in [0.05, 0.1) is 12.5 Å². The number of hydrogen-bond acceptors (Lipinski definition) is 7. The van der Waals surface area contributed by atoms with Crippen molar-refractivity contribution in [3.63, 3.8) is 0 Å². The van der Waals surface area contributed by atoms with Gasteiger partial charge in [-0.15, -0.1) is 0 Å². The lowest BCUT2D eigenvalue weighted by atomic mass is 10.0. The first kappa shape index (κ1) is 17.2. The zero-order valence-corrected chi connectivity index (χ0v) is 10.1. The van der Waals surface area contributed by atoms with Gasteiger partial charge in [-0.25, -0.2) is 0 Å². The van der Waals surface area contributed by atoms with E-state index < -0.39 is 37.0 Å². The molecule has 0 amide bonds. The van der Waals surface area contributed by atoms with Crippen LogP contribution in [0.2, 0.25) is 0 Å². The third kappa shape index (κ3) is 4.84. The highest BCUT2D eigenvalue weighted by Gasteiger charge is 2.32. The fourth-order valence-corrected chi connectivity index (χ4v) is 1.56. The molecular formula is C10H21NO7. The Hall–Kier alpha value is -0.770. The summed E-state index contributed by atoms with van der Waals surface area (Å²) in [5.74, 6) is -0.512. The van der Waals surface area contributed by atoms with Crippen LogP contribution < -0.4 is 5.32 Å². The minimum Gasteiger partial charge on any atom is -0.463 e. The monoisotopic (exact) mass is 267 g/mol. The van der Waals surface area contributed by atoms with Crippen molar-refractivity contribution in [1.29, 1.82) is 0 Å². The van der Waals surface area contributed by atoms with E-state index in [9.17, 15) is 25.2 Å². The quantitative estimate of drug-likeness (QED) is 0.286. The molecule has 1 aliphatic heterocycles. The molecule has 1 unspecified atom stereocenters. The third-order valence-corrected chi connectivity index (χ3v) is 2.70. The van der Waals surface area contributed by atoms with Crippen LogP contribution in [-0.4, -0.2) is 75.5 Å². The number of cyclic esters (lactones) is 1. The van der Waals surface area contributed by atoms with E-state index in [0.717, 1.165) is 0 Å². The summed E-state index contributed by atoms with van der Waals surface area (Å²) in [4.78, 5) is 11.3. The number of hydrogen-bond donors (Lipinski definition) is 5. The van der Waals surface area contributed by atoms with Crippen molar-refractivity contribution in [3.8, 4) is 0 Å². The number of esters is 1. The van der Waals surface area contributed by atoms with Crippen molar-refractivity contribution in [2.75, 3.05) is 13.2 Å². The lowest BCUT2D eigenvalue weighted by Gasteiger charge is -2.26. The second-order valence-electron chi connectivity index (χ2n) is 4.31. The molecule has 1 saturated heterocycles. The van der Waals surface area contributed by atoms with Gasteiger partial charge >= 0.3 is 5.97 Å². The van der Waals surface area contributed by atoms with E-state index in [1.54, 1.807) is 6.92 Å². The summed E-state index contributed by atoms with van der Waals surface area (Å²) in [5.41, 5.74) is 0. The number of rotatable bonds is 0. The van der Waals surface area contributed by atoms with Gasteiger partial charge in [0.25, 0.3) is 0 Å². The van der Waals surface area contributed by atoms with Gasteiger partial charge in [-0.2, -0.15) is 0 Å². The largest absolute Gasteiger partial charge is 0.463 e. The molecule has 0 radical (unpaired) electrons. The van der Waals surface area contributed by atoms with Crippen LogP contribution >= 0.6 is 0 Å².